The fourth-order valence-electron chi connectivity index (χ4n) is 2.74. The van der Waals surface area contributed by atoms with Crippen LogP contribution in [0.2, 0.25) is 0 Å². The summed E-state index contributed by atoms with van der Waals surface area (Å²) >= 11 is 0. The average Bonchev–Trinajstić information content (AvgIpc) is 2.59. The van der Waals surface area contributed by atoms with Gasteiger partial charge in [0.2, 0.25) is 0 Å². The zero-order valence-corrected chi connectivity index (χ0v) is 13.6. The van der Waals surface area contributed by atoms with Crippen molar-refractivity contribution in [1.82, 2.24) is 0 Å². The standard InChI is InChI=1S/C19H22N2O3/c1-19(23)10-9-15-14(16(22)11-20)7-8-17(18(15)21-19)24-12-13-5-3-2-4-6-13/h2-10,16,21-23H,11-12,20H2,1H3/t16-,19?/m0/s1. The van der Waals surface area contributed by atoms with Gasteiger partial charge in [-0.2, -0.15) is 0 Å². The van der Waals surface area contributed by atoms with E-state index < -0.39 is 11.8 Å². The van der Waals surface area contributed by atoms with E-state index in [4.69, 9.17) is 10.5 Å². The van der Waals surface area contributed by atoms with Gasteiger partial charge in [0.25, 0.3) is 0 Å². The second-order valence-corrected chi connectivity index (χ2v) is 6.07. The second-order valence-electron chi connectivity index (χ2n) is 6.07. The number of nitrogens with one attached hydrogen (secondary N) is 1. The average molecular weight is 326 g/mol. The van der Waals surface area contributed by atoms with Gasteiger partial charge in [0.05, 0.1) is 11.8 Å². The van der Waals surface area contributed by atoms with Gasteiger partial charge in [0.1, 0.15) is 12.4 Å². The van der Waals surface area contributed by atoms with Gasteiger partial charge in [-0.05, 0) is 30.2 Å². The molecule has 0 saturated heterocycles. The van der Waals surface area contributed by atoms with E-state index in [1.165, 1.54) is 0 Å². The number of benzene rings is 2. The first-order valence-corrected chi connectivity index (χ1v) is 7.92. The van der Waals surface area contributed by atoms with Gasteiger partial charge in [-0.15, -0.1) is 0 Å². The Morgan fingerprint density at radius 3 is 2.67 bits per heavy atom. The lowest BCUT2D eigenvalue weighted by molar-refractivity contribution is 0.141. The minimum absolute atomic E-state index is 0.126. The van der Waals surface area contributed by atoms with Crippen LogP contribution >= 0.6 is 0 Å². The Morgan fingerprint density at radius 1 is 1.21 bits per heavy atom. The van der Waals surface area contributed by atoms with E-state index in [1.54, 1.807) is 25.1 Å². The van der Waals surface area contributed by atoms with Crippen LogP contribution in [0.5, 0.6) is 5.75 Å². The molecule has 24 heavy (non-hydrogen) atoms. The van der Waals surface area contributed by atoms with Crippen molar-refractivity contribution in [2.75, 3.05) is 11.9 Å². The van der Waals surface area contributed by atoms with Gasteiger partial charge < -0.3 is 26.0 Å². The van der Waals surface area contributed by atoms with Gasteiger partial charge >= 0.3 is 0 Å². The van der Waals surface area contributed by atoms with Crippen molar-refractivity contribution in [2.45, 2.75) is 25.4 Å². The van der Waals surface area contributed by atoms with Crippen LogP contribution in [-0.4, -0.2) is 22.5 Å². The molecular weight excluding hydrogens is 304 g/mol. The summed E-state index contributed by atoms with van der Waals surface area (Å²) in [6.45, 7) is 2.19. The van der Waals surface area contributed by atoms with Crippen LogP contribution in [0.4, 0.5) is 5.69 Å². The fraction of sp³-hybridized carbons (Fsp3) is 0.263. The number of ether oxygens (including phenoxy) is 1. The maximum atomic E-state index is 10.3. The van der Waals surface area contributed by atoms with Crippen molar-refractivity contribution in [1.29, 1.82) is 0 Å². The molecule has 5 N–H and O–H groups in total. The van der Waals surface area contributed by atoms with Crippen molar-refractivity contribution in [2.24, 2.45) is 5.73 Å². The molecular formula is C19H22N2O3. The van der Waals surface area contributed by atoms with Gasteiger partial charge in [-0.1, -0.05) is 42.5 Å². The molecule has 0 aliphatic carbocycles. The van der Waals surface area contributed by atoms with Crippen LogP contribution in [-0.2, 0) is 6.61 Å². The van der Waals surface area contributed by atoms with Gasteiger partial charge in [-0.3, -0.25) is 0 Å². The molecule has 2 atom stereocenters. The van der Waals surface area contributed by atoms with E-state index in [1.807, 2.05) is 36.4 Å². The quantitative estimate of drug-likeness (QED) is 0.678. The third-order valence-electron chi connectivity index (χ3n) is 4.01. The van der Waals surface area contributed by atoms with Gasteiger partial charge in [0.15, 0.2) is 5.72 Å². The maximum Gasteiger partial charge on any atom is 0.152 e. The molecule has 1 aliphatic heterocycles. The monoisotopic (exact) mass is 326 g/mol. The molecule has 0 bridgehead atoms. The normalized spacial score (nSPS) is 20.2. The molecule has 5 heteroatoms. The summed E-state index contributed by atoms with van der Waals surface area (Å²) in [6, 6.07) is 13.4. The van der Waals surface area contributed by atoms with E-state index >= 15 is 0 Å². The Kier molecular flexibility index (Phi) is 4.57. The first kappa shape index (κ1) is 16.5. The first-order chi connectivity index (χ1) is 11.5. The Morgan fingerprint density at radius 2 is 1.96 bits per heavy atom. The topological polar surface area (TPSA) is 87.7 Å². The molecule has 1 heterocycles. The lowest BCUT2D eigenvalue weighted by Crippen LogP contribution is -2.34. The number of aliphatic hydroxyl groups is 2. The highest BCUT2D eigenvalue weighted by atomic mass is 16.5. The summed E-state index contributed by atoms with van der Waals surface area (Å²) < 4.78 is 5.93. The highest BCUT2D eigenvalue weighted by Crippen LogP contribution is 2.39. The molecule has 1 unspecified atom stereocenters. The largest absolute Gasteiger partial charge is 0.487 e. The minimum Gasteiger partial charge on any atom is -0.487 e. The molecule has 0 spiro atoms. The Balaban J connectivity index is 1.94. The molecule has 1 aliphatic rings. The molecule has 0 saturated carbocycles. The number of rotatable bonds is 5. The highest BCUT2D eigenvalue weighted by molar-refractivity contribution is 5.79. The van der Waals surface area contributed by atoms with Crippen LogP contribution in [0.1, 0.15) is 29.7 Å². The lowest BCUT2D eigenvalue weighted by Gasteiger charge is -2.30. The summed E-state index contributed by atoms with van der Waals surface area (Å²) in [5.74, 6) is 0.617. The van der Waals surface area contributed by atoms with Crippen LogP contribution in [0.25, 0.3) is 6.08 Å². The smallest absolute Gasteiger partial charge is 0.152 e. The Labute approximate surface area is 141 Å². The summed E-state index contributed by atoms with van der Waals surface area (Å²) in [7, 11) is 0. The molecule has 0 fully saturated rings. The maximum absolute atomic E-state index is 10.3. The lowest BCUT2D eigenvalue weighted by atomic mass is 9.95. The summed E-state index contributed by atoms with van der Waals surface area (Å²) in [5.41, 5.74) is 7.61. The van der Waals surface area contributed by atoms with E-state index in [0.717, 1.165) is 11.1 Å². The van der Waals surface area contributed by atoms with Crippen LogP contribution in [0, 0.1) is 0 Å². The van der Waals surface area contributed by atoms with Crippen LogP contribution < -0.4 is 15.8 Å². The molecule has 0 aromatic heterocycles. The highest BCUT2D eigenvalue weighted by Gasteiger charge is 2.27. The van der Waals surface area contributed by atoms with Gasteiger partial charge in [0, 0.05) is 12.1 Å². The van der Waals surface area contributed by atoms with Crippen molar-refractivity contribution in [3.63, 3.8) is 0 Å². The van der Waals surface area contributed by atoms with E-state index in [2.05, 4.69) is 5.32 Å². The Bertz CT molecular complexity index is 742. The Hall–Kier alpha value is -2.34. The van der Waals surface area contributed by atoms with E-state index in [0.29, 0.717) is 23.6 Å². The van der Waals surface area contributed by atoms with Crippen LogP contribution in [0.3, 0.4) is 0 Å². The molecule has 0 radical (unpaired) electrons. The van der Waals surface area contributed by atoms with Gasteiger partial charge in [-0.25, -0.2) is 0 Å². The molecule has 126 valence electrons. The number of anilines is 1. The summed E-state index contributed by atoms with van der Waals surface area (Å²) in [5, 5.41) is 23.5. The van der Waals surface area contributed by atoms with Crippen molar-refractivity contribution in [3.05, 3.63) is 65.2 Å². The fourth-order valence-corrected chi connectivity index (χ4v) is 2.74. The van der Waals surface area contributed by atoms with E-state index in [9.17, 15) is 10.2 Å². The predicted molar refractivity (Wildman–Crippen MR) is 94.5 cm³/mol. The molecule has 3 rings (SSSR count). The number of nitrogens with two attached hydrogens (primary N) is 1. The summed E-state index contributed by atoms with van der Waals surface area (Å²) in [4.78, 5) is 0. The zero-order chi connectivity index (χ0) is 17.2. The number of fused-ring (bicyclic) bond motifs is 1. The molecule has 0 amide bonds. The predicted octanol–water partition coefficient (Wildman–Crippen LogP) is 2.40. The summed E-state index contributed by atoms with van der Waals surface area (Å²) in [6.07, 6.45) is 2.66. The third-order valence-corrected chi connectivity index (χ3v) is 4.01. The van der Waals surface area contributed by atoms with Crippen molar-refractivity contribution < 1.29 is 14.9 Å². The number of aliphatic hydroxyl groups excluding tert-OH is 1. The van der Waals surface area contributed by atoms with Crippen molar-refractivity contribution >= 4 is 11.8 Å². The second kappa shape index (κ2) is 6.65. The zero-order valence-electron chi connectivity index (χ0n) is 13.6. The van der Waals surface area contributed by atoms with Crippen molar-refractivity contribution in [3.8, 4) is 5.75 Å². The number of hydrogen-bond acceptors (Lipinski definition) is 5. The molecule has 2 aromatic carbocycles. The third kappa shape index (κ3) is 3.43. The SMILES string of the molecule is CC1(O)C=Cc2c([C@@H](O)CN)ccc(OCc3ccccc3)c2N1. The number of hydrogen-bond donors (Lipinski definition) is 4. The van der Waals surface area contributed by atoms with Crippen LogP contribution in [0.15, 0.2) is 48.5 Å². The first-order valence-electron chi connectivity index (χ1n) is 7.92. The molecule has 5 nitrogen and oxygen atoms in total. The molecule has 2 aromatic rings. The van der Waals surface area contributed by atoms with E-state index in [-0.39, 0.29) is 6.54 Å². The minimum atomic E-state index is -1.18.